The van der Waals surface area contributed by atoms with Gasteiger partial charge in [-0.2, -0.15) is 0 Å². The highest BCUT2D eigenvalue weighted by Gasteiger charge is 2.12. The van der Waals surface area contributed by atoms with Gasteiger partial charge in [-0.1, -0.05) is 79.2 Å². The van der Waals surface area contributed by atoms with E-state index in [1.165, 1.54) is 49.8 Å². The first-order valence-electron chi connectivity index (χ1n) is 9.37. The van der Waals surface area contributed by atoms with Crippen molar-refractivity contribution in [2.24, 2.45) is 5.92 Å². The molecular formula is C23H29N. The molecule has 1 unspecified atom stereocenters. The SMILES string of the molecule is C1=CC(CCN(Cc2ccccc2)Cc2ccccc2)CCCC1. The lowest BCUT2D eigenvalue weighted by molar-refractivity contribution is 0.240. The van der Waals surface area contributed by atoms with Crippen LogP contribution in [0.4, 0.5) is 0 Å². The van der Waals surface area contributed by atoms with Crippen LogP contribution in [0.15, 0.2) is 72.8 Å². The standard InChI is InChI=1S/C23H29N/c1-2-6-12-21(11-5-1)17-18-24(19-22-13-7-3-8-14-22)20-23-15-9-4-10-16-23/h3-5,7-11,13-16,21H,1-2,6,12,17-20H2. The Kier molecular flexibility index (Phi) is 6.68. The molecule has 3 rings (SSSR count). The molecule has 0 saturated heterocycles. The van der Waals surface area contributed by atoms with Crippen LogP contribution >= 0.6 is 0 Å². The zero-order valence-electron chi connectivity index (χ0n) is 14.6. The molecule has 0 bridgehead atoms. The van der Waals surface area contributed by atoms with Crippen LogP contribution in [-0.2, 0) is 13.1 Å². The first-order chi connectivity index (χ1) is 11.9. The molecule has 1 aliphatic rings. The Morgan fingerprint density at radius 1 is 0.792 bits per heavy atom. The highest BCUT2D eigenvalue weighted by Crippen LogP contribution is 2.21. The molecule has 0 N–H and O–H groups in total. The Labute approximate surface area is 147 Å². The summed E-state index contributed by atoms with van der Waals surface area (Å²) in [7, 11) is 0. The summed E-state index contributed by atoms with van der Waals surface area (Å²) in [5.74, 6) is 0.765. The summed E-state index contributed by atoms with van der Waals surface area (Å²) in [4.78, 5) is 2.60. The second-order valence-electron chi connectivity index (χ2n) is 6.94. The maximum atomic E-state index is 2.60. The fourth-order valence-corrected chi connectivity index (χ4v) is 3.54. The summed E-state index contributed by atoms with van der Waals surface area (Å²) in [5.41, 5.74) is 2.81. The number of rotatable bonds is 7. The molecule has 1 aliphatic carbocycles. The molecular weight excluding hydrogens is 290 g/mol. The van der Waals surface area contributed by atoms with Crippen LogP contribution < -0.4 is 0 Å². The lowest BCUT2D eigenvalue weighted by Gasteiger charge is -2.24. The molecule has 0 radical (unpaired) electrons. The minimum atomic E-state index is 0.765. The second-order valence-corrected chi connectivity index (χ2v) is 6.94. The maximum Gasteiger partial charge on any atom is 0.0237 e. The van der Waals surface area contributed by atoms with E-state index in [-0.39, 0.29) is 0 Å². The quantitative estimate of drug-likeness (QED) is 0.581. The Balaban J connectivity index is 1.62. The van der Waals surface area contributed by atoms with Crippen LogP contribution in [0.25, 0.3) is 0 Å². The van der Waals surface area contributed by atoms with Gasteiger partial charge in [0.1, 0.15) is 0 Å². The minimum Gasteiger partial charge on any atom is -0.295 e. The van der Waals surface area contributed by atoms with Gasteiger partial charge in [-0.05, 0) is 49.3 Å². The normalized spacial score (nSPS) is 17.8. The third kappa shape index (κ3) is 5.65. The minimum absolute atomic E-state index is 0.765. The Morgan fingerprint density at radius 3 is 2.04 bits per heavy atom. The first kappa shape index (κ1) is 17.0. The molecule has 0 amide bonds. The van der Waals surface area contributed by atoms with E-state index in [0.29, 0.717) is 0 Å². The van der Waals surface area contributed by atoms with E-state index in [1.54, 1.807) is 0 Å². The number of benzene rings is 2. The molecule has 24 heavy (non-hydrogen) atoms. The zero-order chi connectivity index (χ0) is 16.5. The van der Waals surface area contributed by atoms with Crippen molar-refractivity contribution >= 4 is 0 Å². The molecule has 0 aliphatic heterocycles. The summed E-state index contributed by atoms with van der Waals surface area (Å²) in [6.45, 7) is 3.23. The van der Waals surface area contributed by atoms with E-state index in [4.69, 9.17) is 0 Å². The zero-order valence-corrected chi connectivity index (χ0v) is 14.6. The van der Waals surface area contributed by atoms with E-state index in [9.17, 15) is 0 Å². The van der Waals surface area contributed by atoms with Gasteiger partial charge in [0.2, 0.25) is 0 Å². The molecule has 1 nitrogen and oxygen atoms in total. The van der Waals surface area contributed by atoms with Crippen molar-refractivity contribution < 1.29 is 0 Å². The topological polar surface area (TPSA) is 3.24 Å². The molecule has 0 fully saturated rings. The summed E-state index contributed by atoms with van der Waals surface area (Å²) >= 11 is 0. The Morgan fingerprint density at radius 2 is 1.42 bits per heavy atom. The summed E-state index contributed by atoms with van der Waals surface area (Å²) in [5, 5.41) is 0. The van der Waals surface area contributed by atoms with Crippen LogP contribution in [-0.4, -0.2) is 11.4 Å². The molecule has 0 aromatic heterocycles. The molecule has 0 heterocycles. The van der Waals surface area contributed by atoms with Gasteiger partial charge >= 0.3 is 0 Å². The average Bonchev–Trinajstić information content (AvgIpc) is 2.90. The van der Waals surface area contributed by atoms with Crippen molar-refractivity contribution in [3.05, 3.63) is 83.9 Å². The molecule has 0 saturated carbocycles. The predicted molar refractivity (Wildman–Crippen MR) is 103 cm³/mol. The third-order valence-corrected chi connectivity index (χ3v) is 4.92. The third-order valence-electron chi connectivity index (χ3n) is 4.92. The molecule has 126 valence electrons. The largest absolute Gasteiger partial charge is 0.295 e. The van der Waals surface area contributed by atoms with Gasteiger partial charge in [0, 0.05) is 13.1 Å². The molecule has 1 atom stereocenters. The summed E-state index contributed by atoms with van der Waals surface area (Å²) in [6.07, 6.45) is 11.5. The number of hydrogen-bond donors (Lipinski definition) is 0. The van der Waals surface area contributed by atoms with Gasteiger partial charge < -0.3 is 0 Å². The summed E-state index contributed by atoms with van der Waals surface area (Å²) in [6, 6.07) is 21.7. The average molecular weight is 319 g/mol. The van der Waals surface area contributed by atoms with Gasteiger partial charge in [0.05, 0.1) is 0 Å². The first-order valence-corrected chi connectivity index (χ1v) is 9.37. The fourth-order valence-electron chi connectivity index (χ4n) is 3.54. The second kappa shape index (κ2) is 9.44. The van der Waals surface area contributed by atoms with Crippen molar-refractivity contribution in [1.82, 2.24) is 4.90 Å². The molecule has 2 aromatic carbocycles. The van der Waals surface area contributed by atoms with Gasteiger partial charge in [0.25, 0.3) is 0 Å². The maximum absolute atomic E-state index is 2.60. The van der Waals surface area contributed by atoms with E-state index in [2.05, 4.69) is 77.7 Å². The molecule has 0 spiro atoms. The van der Waals surface area contributed by atoms with E-state index >= 15 is 0 Å². The van der Waals surface area contributed by atoms with Crippen LogP contribution in [0, 0.1) is 5.92 Å². The van der Waals surface area contributed by atoms with E-state index in [0.717, 1.165) is 19.0 Å². The highest BCUT2D eigenvalue weighted by atomic mass is 15.1. The number of allylic oxidation sites excluding steroid dienone is 2. The van der Waals surface area contributed by atoms with Crippen LogP contribution in [0.3, 0.4) is 0 Å². The number of nitrogens with zero attached hydrogens (tertiary/aromatic N) is 1. The fraction of sp³-hybridized carbons (Fsp3) is 0.391. The van der Waals surface area contributed by atoms with Gasteiger partial charge in [-0.15, -0.1) is 0 Å². The molecule has 2 aromatic rings. The van der Waals surface area contributed by atoms with Crippen molar-refractivity contribution in [3.8, 4) is 0 Å². The van der Waals surface area contributed by atoms with Crippen molar-refractivity contribution in [3.63, 3.8) is 0 Å². The Bertz CT molecular complexity index is 561. The van der Waals surface area contributed by atoms with Crippen molar-refractivity contribution in [2.75, 3.05) is 6.54 Å². The molecule has 1 heteroatoms. The van der Waals surface area contributed by atoms with Gasteiger partial charge in [-0.25, -0.2) is 0 Å². The highest BCUT2D eigenvalue weighted by molar-refractivity contribution is 5.17. The van der Waals surface area contributed by atoms with Gasteiger partial charge in [-0.3, -0.25) is 4.90 Å². The lowest BCUT2D eigenvalue weighted by Crippen LogP contribution is -2.25. The van der Waals surface area contributed by atoms with Crippen molar-refractivity contribution in [2.45, 2.75) is 45.2 Å². The van der Waals surface area contributed by atoms with E-state index < -0.39 is 0 Å². The van der Waals surface area contributed by atoms with Crippen LogP contribution in [0.5, 0.6) is 0 Å². The van der Waals surface area contributed by atoms with E-state index in [1.807, 2.05) is 0 Å². The monoisotopic (exact) mass is 319 g/mol. The van der Waals surface area contributed by atoms with Crippen LogP contribution in [0.1, 0.15) is 43.2 Å². The Hall–Kier alpha value is -1.86. The smallest absolute Gasteiger partial charge is 0.0237 e. The summed E-state index contributed by atoms with van der Waals surface area (Å²) < 4.78 is 0. The van der Waals surface area contributed by atoms with Gasteiger partial charge in [0.15, 0.2) is 0 Å². The predicted octanol–water partition coefficient (Wildman–Crippen LogP) is 5.83. The number of hydrogen-bond acceptors (Lipinski definition) is 1. The lowest BCUT2D eigenvalue weighted by atomic mass is 9.99. The van der Waals surface area contributed by atoms with Crippen LogP contribution in [0.2, 0.25) is 0 Å². The van der Waals surface area contributed by atoms with Crippen molar-refractivity contribution in [1.29, 1.82) is 0 Å².